The highest BCUT2D eigenvalue weighted by atomic mass is 32.2. The van der Waals surface area contributed by atoms with Gasteiger partial charge in [0.05, 0.1) is 24.8 Å². The van der Waals surface area contributed by atoms with Crippen molar-refractivity contribution in [3.8, 4) is 11.5 Å². The van der Waals surface area contributed by atoms with Crippen LogP contribution in [0.5, 0.6) is 11.5 Å². The van der Waals surface area contributed by atoms with Crippen molar-refractivity contribution in [1.29, 1.82) is 0 Å². The van der Waals surface area contributed by atoms with Crippen molar-refractivity contribution in [2.45, 2.75) is 16.7 Å². The van der Waals surface area contributed by atoms with Crippen LogP contribution in [-0.4, -0.2) is 31.1 Å². The molecule has 0 heterocycles. The third-order valence-electron chi connectivity index (χ3n) is 4.47. The first-order chi connectivity index (χ1) is 14.7. The summed E-state index contributed by atoms with van der Waals surface area (Å²) in [6.45, 7) is 1.79. The number of anilines is 2. The van der Waals surface area contributed by atoms with E-state index in [0.717, 1.165) is 5.56 Å². The molecule has 0 aliphatic rings. The molecule has 3 aromatic carbocycles. The van der Waals surface area contributed by atoms with Gasteiger partial charge in [0, 0.05) is 11.8 Å². The second-order valence-electron chi connectivity index (χ2n) is 6.57. The van der Waals surface area contributed by atoms with Crippen LogP contribution in [0, 0.1) is 6.92 Å². The Morgan fingerprint density at radius 2 is 1.42 bits per heavy atom. The molecule has 0 aliphatic heterocycles. The van der Waals surface area contributed by atoms with Gasteiger partial charge in [0.2, 0.25) is 0 Å². The first-order valence-corrected chi connectivity index (χ1v) is 12.1. The molecule has 31 heavy (non-hydrogen) atoms. The number of para-hydroxylation sites is 1. The van der Waals surface area contributed by atoms with Crippen LogP contribution in [0.1, 0.15) is 5.56 Å². The summed E-state index contributed by atoms with van der Waals surface area (Å²) in [5.41, 5.74) is 1.44. The lowest BCUT2D eigenvalue weighted by Gasteiger charge is -2.14. The highest BCUT2D eigenvalue weighted by molar-refractivity contribution is 7.93. The van der Waals surface area contributed by atoms with E-state index in [9.17, 15) is 16.8 Å². The van der Waals surface area contributed by atoms with Crippen LogP contribution in [0.25, 0.3) is 0 Å². The fourth-order valence-electron chi connectivity index (χ4n) is 2.80. The molecule has 8 nitrogen and oxygen atoms in total. The smallest absolute Gasteiger partial charge is 0.265 e. The summed E-state index contributed by atoms with van der Waals surface area (Å²) in [7, 11) is -5.05. The van der Waals surface area contributed by atoms with Gasteiger partial charge in [0.25, 0.3) is 20.0 Å². The standard InChI is InChI=1S/C21H22N2O6S2/c1-15-6-4-5-7-19(15)23-30(24,25)18-11-8-16(9-12-18)22-31(26,27)21-14-17(28-2)10-13-20(21)29-3/h4-14,22-23H,1-3H3. The van der Waals surface area contributed by atoms with E-state index < -0.39 is 20.0 Å². The molecule has 0 unspecified atom stereocenters. The largest absolute Gasteiger partial charge is 0.497 e. The highest BCUT2D eigenvalue weighted by Gasteiger charge is 2.21. The lowest BCUT2D eigenvalue weighted by atomic mass is 10.2. The SMILES string of the molecule is COc1ccc(OC)c(S(=O)(=O)Nc2ccc(S(=O)(=O)Nc3ccccc3C)cc2)c1. The lowest BCUT2D eigenvalue weighted by Crippen LogP contribution is -2.15. The molecule has 0 fully saturated rings. The van der Waals surface area contributed by atoms with E-state index in [0.29, 0.717) is 11.4 Å². The van der Waals surface area contributed by atoms with Crippen LogP contribution in [0.4, 0.5) is 11.4 Å². The second-order valence-corrected chi connectivity index (χ2v) is 9.90. The average molecular weight is 463 g/mol. The van der Waals surface area contributed by atoms with E-state index in [2.05, 4.69) is 9.44 Å². The van der Waals surface area contributed by atoms with E-state index in [-0.39, 0.29) is 21.2 Å². The molecule has 0 saturated heterocycles. The third-order valence-corrected chi connectivity index (χ3v) is 7.25. The van der Waals surface area contributed by atoms with Gasteiger partial charge in [0.15, 0.2) is 0 Å². The topological polar surface area (TPSA) is 111 Å². The Bertz CT molecular complexity index is 1290. The molecule has 0 bridgehead atoms. The Kier molecular flexibility index (Phi) is 6.42. The van der Waals surface area contributed by atoms with Crippen molar-refractivity contribution >= 4 is 31.4 Å². The van der Waals surface area contributed by atoms with E-state index >= 15 is 0 Å². The molecule has 2 N–H and O–H groups in total. The summed E-state index contributed by atoms with van der Waals surface area (Å²) in [6.07, 6.45) is 0. The van der Waals surface area contributed by atoms with Crippen LogP contribution in [-0.2, 0) is 20.0 Å². The molecule has 0 atom stereocenters. The van der Waals surface area contributed by atoms with Crippen molar-refractivity contribution in [2.24, 2.45) is 0 Å². The van der Waals surface area contributed by atoms with E-state index in [4.69, 9.17) is 9.47 Å². The van der Waals surface area contributed by atoms with E-state index in [1.54, 1.807) is 31.2 Å². The van der Waals surface area contributed by atoms with Gasteiger partial charge in [-0.25, -0.2) is 16.8 Å². The fraction of sp³-hybridized carbons (Fsp3) is 0.143. The average Bonchev–Trinajstić information content (AvgIpc) is 2.75. The zero-order chi connectivity index (χ0) is 22.6. The minimum atomic E-state index is -4.01. The van der Waals surface area contributed by atoms with Crippen molar-refractivity contribution in [3.05, 3.63) is 72.3 Å². The van der Waals surface area contributed by atoms with Gasteiger partial charge in [-0.15, -0.1) is 0 Å². The minimum absolute atomic E-state index is 0.00216. The molecule has 0 amide bonds. The van der Waals surface area contributed by atoms with Gasteiger partial charge in [-0.3, -0.25) is 9.44 Å². The van der Waals surface area contributed by atoms with Crippen LogP contribution in [0.15, 0.2) is 76.5 Å². The van der Waals surface area contributed by atoms with Crippen molar-refractivity contribution in [3.63, 3.8) is 0 Å². The predicted molar refractivity (Wildman–Crippen MR) is 119 cm³/mol. The summed E-state index contributed by atoms with van der Waals surface area (Å²) >= 11 is 0. The maximum absolute atomic E-state index is 12.8. The quantitative estimate of drug-likeness (QED) is 0.529. The number of hydrogen-bond donors (Lipinski definition) is 2. The minimum Gasteiger partial charge on any atom is -0.497 e. The number of ether oxygens (including phenoxy) is 2. The summed E-state index contributed by atoms with van der Waals surface area (Å²) in [5.74, 6) is 0.500. The molecule has 3 aromatic rings. The highest BCUT2D eigenvalue weighted by Crippen LogP contribution is 2.30. The van der Waals surface area contributed by atoms with Crippen molar-refractivity contribution in [1.82, 2.24) is 0 Å². The maximum atomic E-state index is 12.8. The molecule has 0 saturated carbocycles. The Morgan fingerprint density at radius 3 is 2.03 bits per heavy atom. The Morgan fingerprint density at radius 1 is 0.742 bits per heavy atom. The maximum Gasteiger partial charge on any atom is 0.265 e. The Labute approximate surface area is 181 Å². The molecule has 10 heteroatoms. The molecular formula is C21H22N2O6S2. The van der Waals surface area contributed by atoms with Gasteiger partial charge in [0.1, 0.15) is 16.4 Å². The molecule has 0 radical (unpaired) electrons. The molecule has 0 aliphatic carbocycles. The number of hydrogen-bond acceptors (Lipinski definition) is 6. The summed E-state index contributed by atoms with van der Waals surface area (Å²) in [6, 6.07) is 16.8. The summed E-state index contributed by atoms with van der Waals surface area (Å²) in [4.78, 5) is -0.107. The van der Waals surface area contributed by atoms with Gasteiger partial charge in [-0.2, -0.15) is 0 Å². The monoisotopic (exact) mass is 462 g/mol. The van der Waals surface area contributed by atoms with Gasteiger partial charge >= 0.3 is 0 Å². The number of rotatable bonds is 8. The first-order valence-electron chi connectivity index (χ1n) is 9.09. The van der Waals surface area contributed by atoms with Gasteiger partial charge in [-0.05, 0) is 55.0 Å². The molecule has 164 valence electrons. The molecule has 0 aromatic heterocycles. The Balaban J connectivity index is 1.84. The number of sulfonamides is 2. The van der Waals surface area contributed by atoms with Gasteiger partial charge < -0.3 is 9.47 Å². The number of benzene rings is 3. The zero-order valence-electron chi connectivity index (χ0n) is 17.1. The Hall–Kier alpha value is -3.24. The summed E-state index contributed by atoms with van der Waals surface area (Å²) < 4.78 is 66.1. The number of methoxy groups -OCH3 is 2. The van der Waals surface area contributed by atoms with Crippen LogP contribution >= 0.6 is 0 Å². The molecular weight excluding hydrogens is 440 g/mol. The van der Waals surface area contributed by atoms with Crippen LogP contribution in [0.2, 0.25) is 0 Å². The fourth-order valence-corrected chi connectivity index (χ4v) is 5.17. The van der Waals surface area contributed by atoms with Gasteiger partial charge in [-0.1, -0.05) is 18.2 Å². The van der Waals surface area contributed by atoms with E-state index in [1.807, 2.05) is 6.07 Å². The van der Waals surface area contributed by atoms with E-state index in [1.165, 1.54) is 50.6 Å². The van der Waals surface area contributed by atoms with Crippen molar-refractivity contribution in [2.75, 3.05) is 23.7 Å². The number of aryl methyl sites for hydroxylation is 1. The normalized spacial score (nSPS) is 11.6. The predicted octanol–water partition coefficient (Wildman–Crippen LogP) is 3.61. The van der Waals surface area contributed by atoms with Crippen LogP contribution < -0.4 is 18.9 Å². The summed E-state index contributed by atoms with van der Waals surface area (Å²) in [5, 5.41) is 0. The van der Waals surface area contributed by atoms with Crippen LogP contribution in [0.3, 0.4) is 0 Å². The lowest BCUT2D eigenvalue weighted by molar-refractivity contribution is 0.392. The third kappa shape index (κ3) is 5.09. The second kappa shape index (κ2) is 8.86. The molecule has 3 rings (SSSR count). The van der Waals surface area contributed by atoms with Crippen molar-refractivity contribution < 1.29 is 26.3 Å². The first kappa shape index (κ1) is 22.4. The number of nitrogens with one attached hydrogen (secondary N) is 2. The molecule has 0 spiro atoms. The zero-order valence-corrected chi connectivity index (χ0v) is 18.7.